The number of benzene rings is 9. The van der Waals surface area contributed by atoms with E-state index in [1.807, 2.05) is 12.1 Å². The van der Waals surface area contributed by atoms with Crippen molar-refractivity contribution in [3.63, 3.8) is 0 Å². The number of aliphatic hydroxyl groups excluding tert-OH is 2. The zero-order chi connectivity index (χ0) is 45.7. The molecule has 0 radical (unpaired) electrons. The predicted molar refractivity (Wildman–Crippen MR) is 273 cm³/mol. The normalized spacial score (nSPS) is 11.8. The van der Waals surface area contributed by atoms with Gasteiger partial charge in [-0.05, 0) is 89.3 Å². The van der Waals surface area contributed by atoms with Gasteiger partial charge in [-0.3, -0.25) is 0 Å². The molecule has 330 valence electrons. The summed E-state index contributed by atoms with van der Waals surface area (Å²) in [5.74, 6) is 1.61. The lowest BCUT2D eigenvalue weighted by molar-refractivity contribution is 0.201. The summed E-state index contributed by atoms with van der Waals surface area (Å²) in [6.45, 7) is 9.54. The molecule has 0 aromatic heterocycles. The zero-order valence-corrected chi connectivity index (χ0v) is 38.4. The van der Waals surface area contributed by atoms with Crippen LogP contribution in [0.4, 0.5) is 0 Å². The first-order valence-electron chi connectivity index (χ1n) is 23.1. The second-order valence-corrected chi connectivity index (χ2v) is 18.4. The molecule has 4 heteroatoms. The van der Waals surface area contributed by atoms with Gasteiger partial charge in [0, 0.05) is 34.8 Å². The fourth-order valence-electron chi connectivity index (χ4n) is 9.43. The molecule has 9 aromatic carbocycles. The molecule has 0 heterocycles. The van der Waals surface area contributed by atoms with Gasteiger partial charge in [-0.1, -0.05) is 210 Å². The minimum atomic E-state index is -0.415. The fraction of sp³-hybridized carbons (Fsp3) is 0.194. The van der Waals surface area contributed by atoms with Crippen LogP contribution < -0.4 is 9.47 Å². The van der Waals surface area contributed by atoms with E-state index in [-0.39, 0.29) is 26.4 Å². The summed E-state index contributed by atoms with van der Waals surface area (Å²) in [4.78, 5) is 0. The van der Waals surface area contributed by atoms with E-state index in [0.29, 0.717) is 12.8 Å². The Bertz CT molecular complexity index is 2900. The summed E-state index contributed by atoms with van der Waals surface area (Å²) in [6, 6.07) is 69.6. The quantitative estimate of drug-likeness (QED) is 0.102. The van der Waals surface area contributed by atoms with E-state index in [0.717, 1.165) is 44.9 Å². The molecular formula is C62H58O4. The Morgan fingerprint density at radius 3 is 1.17 bits per heavy atom. The van der Waals surface area contributed by atoms with E-state index in [4.69, 9.17) is 9.47 Å². The van der Waals surface area contributed by atoms with Crippen molar-refractivity contribution in [2.75, 3.05) is 26.4 Å². The molecule has 0 saturated carbocycles. The average molecular weight is 867 g/mol. The summed E-state index contributed by atoms with van der Waals surface area (Å²) in [5, 5.41) is 24.8. The Hall–Kier alpha value is -6.98. The summed E-state index contributed by atoms with van der Waals surface area (Å²) in [7, 11) is 0. The first kappa shape index (κ1) is 44.2. The van der Waals surface area contributed by atoms with Crippen molar-refractivity contribution < 1.29 is 19.7 Å². The van der Waals surface area contributed by atoms with E-state index in [9.17, 15) is 10.2 Å². The molecule has 66 heavy (non-hydrogen) atoms. The maximum Gasteiger partial charge on any atom is 0.130 e. The lowest BCUT2D eigenvalue weighted by Crippen LogP contribution is -2.24. The van der Waals surface area contributed by atoms with Gasteiger partial charge in [-0.15, -0.1) is 0 Å². The predicted octanol–water partition coefficient (Wildman–Crippen LogP) is 13.9. The number of fused-ring (bicyclic) bond motifs is 2. The van der Waals surface area contributed by atoms with Crippen LogP contribution in [-0.4, -0.2) is 36.6 Å². The van der Waals surface area contributed by atoms with E-state index >= 15 is 0 Å². The van der Waals surface area contributed by atoms with Crippen LogP contribution in [0.25, 0.3) is 43.8 Å². The highest BCUT2D eigenvalue weighted by molar-refractivity contribution is 5.84. The maximum absolute atomic E-state index is 9.99. The van der Waals surface area contributed by atoms with E-state index < -0.39 is 10.8 Å². The van der Waals surface area contributed by atoms with Crippen molar-refractivity contribution in [1.82, 2.24) is 0 Å². The summed E-state index contributed by atoms with van der Waals surface area (Å²) in [6.07, 6.45) is 1.34. The molecular weight excluding hydrogens is 809 g/mol. The van der Waals surface area contributed by atoms with E-state index in [1.165, 1.54) is 54.9 Å². The molecule has 0 amide bonds. The van der Waals surface area contributed by atoms with Crippen LogP contribution in [0.15, 0.2) is 194 Å². The van der Waals surface area contributed by atoms with Crippen LogP contribution >= 0.6 is 0 Å². The van der Waals surface area contributed by atoms with Gasteiger partial charge in [0.05, 0.1) is 13.2 Å². The molecule has 0 unspecified atom stereocenters. The molecule has 4 nitrogen and oxygen atoms in total. The number of aliphatic hydroxyl groups is 2. The standard InChI is InChI=1S/C62H58O4/c1-61(2,55-38-51(36-43-26-28-45-16-11-13-22-49(45)34-43)59(65-32-30-63)57(41-55)47-18-7-5-8-19-47)53-24-15-25-54(40-53)62(3,4)56-39-52(37-44-27-29-46-17-12-14-23-50(46)35-44)60(66-33-31-64)58(42-56)48-20-9-6-10-21-48/h5-29,34-35,38-42,63-64H,30-33,36-37H2,1-4H3. The van der Waals surface area contributed by atoms with Gasteiger partial charge in [-0.2, -0.15) is 0 Å². The van der Waals surface area contributed by atoms with Crippen LogP contribution in [-0.2, 0) is 23.7 Å². The SMILES string of the molecule is CC(C)(c1cccc(C(C)(C)c2cc(Cc3ccc4ccccc4c3)c(OCCO)c(-c3ccccc3)c2)c1)c1cc(Cc2ccc3ccccc3c2)c(OCCO)c(-c2ccccc2)c1. The van der Waals surface area contributed by atoms with Crippen molar-refractivity contribution in [2.45, 2.75) is 51.4 Å². The Labute approximate surface area is 389 Å². The van der Waals surface area contributed by atoms with Gasteiger partial charge in [0.25, 0.3) is 0 Å². The topological polar surface area (TPSA) is 58.9 Å². The molecule has 0 aliphatic carbocycles. The van der Waals surface area contributed by atoms with Crippen LogP contribution in [0.2, 0.25) is 0 Å². The molecule has 0 fully saturated rings. The summed E-state index contributed by atoms with van der Waals surface area (Å²) < 4.78 is 13.0. The molecule has 2 N–H and O–H groups in total. The van der Waals surface area contributed by atoms with E-state index in [2.05, 4.69) is 210 Å². The molecule has 9 rings (SSSR count). The third-order valence-electron chi connectivity index (χ3n) is 13.3. The third-order valence-corrected chi connectivity index (χ3v) is 13.3. The number of hydrogen-bond acceptors (Lipinski definition) is 4. The lowest BCUT2D eigenvalue weighted by Gasteiger charge is -2.32. The minimum Gasteiger partial charge on any atom is -0.490 e. The van der Waals surface area contributed by atoms with Gasteiger partial charge >= 0.3 is 0 Å². The Morgan fingerprint density at radius 2 is 0.758 bits per heavy atom. The van der Waals surface area contributed by atoms with Crippen molar-refractivity contribution >= 4 is 21.5 Å². The largest absolute Gasteiger partial charge is 0.490 e. The number of hydrogen-bond donors (Lipinski definition) is 2. The van der Waals surface area contributed by atoms with Crippen LogP contribution in [0.1, 0.15) is 72.2 Å². The Kier molecular flexibility index (Phi) is 12.9. The average Bonchev–Trinajstić information content (AvgIpc) is 3.35. The summed E-state index contributed by atoms with van der Waals surface area (Å²) in [5.41, 5.74) is 12.6. The molecule has 9 aromatic rings. The minimum absolute atomic E-state index is 0.0738. The molecule has 0 aliphatic heterocycles. The molecule has 0 spiro atoms. The van der Waals surface area contributed by atoms with Gasteiger partial charge in [0.15, 0.2) is 0 Å². The monoisotopic (exact) mass is 866 g/mol. The smallest absolute Gasteiger partial charge is 0.130 e. The first-order chi connectivity index (χ1) is 32.1. The summed E-state index contributed by atoms with van der Waals surface area (Å²) >= 11 is 0. The van der Waals surface area contributed by atoms with Gasteiger partial charge in [0.2, 0.25) is 0 Å². The van der Waals surface area contributed by atoms with Crippen LogP contribution in [0, 0.1) is 0 Å². The Morgan fingerprint density at radius 1 is 0.364 bits per heavy atom. The number of rotatable bonds is 16. The van der Waals surface area contributed by atoms with Crippen molar-refractivity contribution in [1.29, 1.82) is 0 Å². The molecule has 0 bridgehead atoms. The second-order valence-electron chi connectivity index (χ2n) is 18.4. The van der Waals surface area contributed by atoms with Gasteiger partial charge < -0.3 is 19.7 Å². The Balaban J connectivity index is 1.15. The fourth-order valence-corrected chi connectivity index (χ4v) is 9.43. The maximum atomic E-state index is 9.99. The second kappa shape index (κ2) is 19.2. The van der Waals surface area contributed by atoms with E-state index in [1.54, 1.807) is 0 Å². The highest BCUT2D eigenvalue weighted by atomic mass is 16.5. The van der Waals surface area contributed by atoms with Crippen LogP contribution in [0.3, 0.4) is 0 Å². The lowest BCUT2D eigenvalue weighted by atomic mass is 9.72. The molecule has 0 aliphatic rings. The highest BCUT2D eigenvalue weighted by Crippen LogP contribution is 2.45. The van der Waals surface area contributed by atoms with Gasteiger partial charge in [-0.25, -0.2) is 0 Å². The third kappa shape index (κ3) is 9.26. The van der Waals surface area contributed by atoms with Gasteiger partial charge in [0.1, 0.15) is 24.7 Å². The van der Waals surface area contributed by atoms with Crippen molar-refractivity contribution in [3.05, 3.63) is 239 Å². The molecule has 0 saturated heterocycles. The molecule has 0 atom stereocenters. The zero-order valence-electron chi connectivity index (χ0n) is 38.4. The number of ether oxygens (including phenoxy) is 2. The van der Waals surface area contributed by atoms with Crippen LogP contribution in [0.5, 0.6) is 11.5 Å². The highest BCUT2D eigenvalue weighted by Gasteiger charge is 2.31. The first-order valence-corrected chi connectivity index (χ1v) is 23.1. The van der Waals surface area contributed by atoms with Crippen molar-refractivity contribution in [3.8, 4) is 33.8 Å². The van der Waals surface area contributed by atoms with Crippen molar-refractivity contribution in [2.24, 2.45) is 0 Å².